The molecule has 3 aromatic carbocycles. The SMILES string of the molecule is C=CC(=O)OCCCCOC(=O)Oc1ccc(C(=O)Oc2ccc(C(=O)O[C@@H]3CO[C@@H]4C(OC(=O)c5ccc(OC(=O)OCCCCOC(=O)C=C)cc5)CO[C@@H]43)cc2)cc1. The van der Waals surface area contributed by atoms with E-state index in [0.29, 0.717) is 25.7 Å². The molecule has 2 saturated heterocycles. The van der Waals surface area contributed by atoms with E-state index < -0.39 is 66.6 Å². The number of esters is 5. The Labute approximate surface area is 349 Å². The van der Waals surface area contributed by atoms with Crippen molar-refractivity contribution in [2.75, 3.05) is 39.6 Å². The summed E-state index contributed by atoms with van der Waals surface area (Å²) in [6.45, 7) is 7.04. The number of hydrogen-bond donors (Lipinski definition) is 0. The minimum absolute atomic E-state index is 0.000410. The highest BCUT2D eigenvalue weighted by Crippen LogP contribution is 2.32. The monoisotopic (exact) mass is 846 g/mol. The van der Waals surface area contributed by atoms with Crippen molar-refractivity contribution in [3.05, 3.63) is 115 Å². The number of carbonyl (C=O) groups excluding carboxylic acids is 7. The molecule has 0 N–H and O–H groups in total. The summed E-state index contributed by atoms with van der Waals surface area (Å²) in [6, 6.07) is 16.9. The normalized spacial score (nSPS) is 17.4. The summed E-state index contributed by atoms with van der Waals surface area (Å²) in [6.07, 6.45) is -0.864. The summed E-state index contributed by atoms with van der Waals surface area (Å²) in [4.78, 5) is 84.5. The van der Waals surface area contributed by atoms with Crippen LogP contribution in [0.5, 0.6) is 17.2 Å². The van der Waals surface area contributed by atoms with E-state index in [4.69, 9.17) is 52.1 Å². The van der Waals surface area contributed by atoms with Gasteiger partial charge in [-0.25, -0.2) is 33.6 Å². The summed E-state index contributed by atoms with van der Waals surface area (Å²) in [7, 11) is 0. The van der Waals surface area contributed by atoms with Crippen LogP contribution in [0.4, 0.5) is 9.59 Å². The van der Waals surface area contributed by atoms with Crippen LogP contribution in [-0.4, -0.2) is 106 Å². The van der Waals surface area contributed by atoms with Gasteiger partial charge in [-0.05, 0) is 98.5 Å². The van der Waals surface area contributed by atoms with Gasteiger partial charge in [0.15, 0.2) is 12.2 Å². The Bertz CT molecular complexity index is 2030. The summed E-state index contributed by atoms with van der Waals surface area (Å²) in [5, 5.41) is 0. The van der Waals surface area contributed by atoms with E-state index in [0.717, 1.165) is 12.2 Å². The second-order valence-corrected chi connectivity index (χ2v) is 13.0. The van der Waals surface area contributed by atoms with Gasteiger partial charge >= 0.3 is 42.2 Å². The highest BCUT2D eigenvalue weighted by atomic mass is 16.7. The van der Waals surface area contributed by atoms with E-state index >= 15 is 0 Å². The maximum atomic E-state index is 13.0. The standard InChI is InChI=1S/C43H42O18/c1-3-35(44)51-21-5-7-23-53-42(49)58-31-17-11-27(12-18-31)39(46)57-30-15-9-28(10-16-30)40(47)60-33-25-55-38-34(26-56-37(33)38)61-41(48)29-13-19-32(20-14-29)59-43(50)54-24-8-6-22-52-36(45)4-2/h3-4,9-20,33-34,37-38H,1-2,5-8,21-26H2/t33-,34?,37-,38-/m1/s1. The first-order chi connectivity index (χ1) is 29.5. The highest BCUT2D eigenvalue weighted by Gasteiger charge is 2.51. The average molecular weight is 847 g/mol. The molecule has 0 spiro atoms. The van der Waals surface area contributed by atoms with Crippen LogP contribution in [0.3, 0.4) is 0 Å². The maximum Gasteiger partial charge on any atom is 0.513 e. The molecule has 3 aromatic rings. The molecule has 2 aliphatic rings. The van der Waals surface area contributed by atoms with Crippen molar-refractivity contribution >= 4 is 42.2 Å². The van der Waals surface area contributed by atoms with Gasteiger partial charge in [0, 0.05) is 12.2 Å². The first-order valence-corrected chi connectivity index (χ1v) is 19.0. The number of fused-ring (bicyclic) bond motifs is 1. The van der Waals surface area contributed by atoms with Crippen molar-refractivity contribution < 1.29 is 85.7 Å². The Morgan fingerprint density at radius 2 is 0.803 bits per heavy atom. The van der Waals surface area contributed by atoms with Crippen molar-refractivity contribution in [3.63, 3.8) is 0 Å². The molecule has 61 heavy (non-hydrogen) atoms. The van der Waals surface area contributed by atoms with Gasteiger partial charge in [0.1, 0.15) is 29.5 Å². The van der Waals surface area contributed by atoms with E-state index in [1.807, 2.05) is 0 Å². The van der Waals surface area contributed by atoms with Crippen molar-refractivity contribution in [1.29, 1.82) is 0 Å². The topological polar surface area (TPSA) is 221 Å². The predicted octanol–water partition coefficient (Wildman–Crippen LogP) is 5.50. The van der Waals surface area contributed by atoms with Crippen LogP contribution in [0.15, 0.2) is 98.1 Å². The first kappa shape index (κ1) is 45.0. The molecule has 2 heterocycles. The fourth-order valence-corrected chi connectivity index (χ4v) is 5.62. The summed E-state index contributed by atoms with van der Waals surface area (Å²) < 4.78 is 58.1. The molecule has 0 amide bonds. The smallest absolute Gasteiger partial charge is 0.463 e. The van der Waals surface area contributed by atoms with E-state index in [-0.39, 0.29) is 73.6 Å². The third-order valence-corrected chi connectivity index (χ3v) is 8.70. The maximum absolute atomic E-state index is 13.0. The van der Waals surface area contributed by atoms with E-state index in [1.54, 1.807) is 0 Å². The minimum atomic E-state index is -0.939. The summed E-state index contributed by atoms with van der Waals surface area (Å²) >= 11 is 0. The number of hydrogen-bond acceptors (Lipinski definition) is 18. The van der Waals surface area contributed by atoms with Crippen LogP contribution in [0.1, 0.15) is 56.8 Å². The molecule has 0 aromatic heterocycles. The van der Waals surface area contributed by atoms with Crippen LogP contribution < -0.4 is 14.2 Å². The average Bonchev–Trinajstić information content (AvgIpc) is 3.86. The van der Waals surface area contributed by atoms with Crippen LogP contribution in [0.25, 0.3) is 0 Å². The Balaban J connectivity index is 0.991. The highest BCUT2D eigenvalue weighted by molar-refractivity contribution is 5.92. The predicted molar refractivity (Wildman–Crippen MR) is 207 cm³/mol. The molecule has 0 radical (unpaired) electrons. The molecule has 18 heteroatoms. The molecule has 2 aliphatic heterocycles. The molecule has 0 aliphatic carbocycles. The zero-order valence-corrected chi connectivity index (χ0v) is 32.7. The van der Waals surface area contributed by atoms with Gasteiger partial charge in [0.05, 0.1) is 56.3 Å². The van der Waals surface area contributed by atoms with E-state index in [2.05, 4.69) is 13.2 Å². The Kier molecular flexibility index (Phi) is 16.9. The largest absolute Gasteiger partial charge is 0.513 e. The molecule has 18 nitrogen and oxygen atoms in total. The van der Waals surface area contributed by atoms with Crippen LogP contribution in [0.2, 0.25) is 0 Å². The van der Waals surface area contributed by atoms with Gasteiger partial charge in [-0.1, -0.05) is 13.2 Å². The zero-order chi connectivity index (χ0) is 43.6. The Hall–Kier alpha value is -7.05. The van der Waals surface area contributed by atoms with Gasteiger partial charge < -0.3 is 52.1 Å². The molecule has 0 saturated carbocycles. The third kappa shape index (κ3) is 14.0. The minimum Gasteiger partial charge on any atom is -0.463 e. The lowest BCUT2D eigenvalue weighted by Crippen LogP contribution is -2.36. The lowest BCUT2D eigenvalue weighted by atomic mass is 10.1. The third-order valence-electron chi connectivity index (χ3n) is 8.70. The van der Waals surface area contributed by atoms with Crippen LogP contribution in [0, 0.1) is 0 Å². The Morgan fingerprint density at radius 1 is 0.475 bits per heavy atom. The second-order valence-electron chi connectivity index (χ2n) is 13.0. The number of rotatable bonds is 20. The quantitative estimate of drug-likeness (QED) is 0.0342. The molecular formula is C43H42O18. The summed E-state index contributed by atoms with van der Waals surface area (Å²) in [5.74, 6) is -2.71. The first-order valence-electron chi connectivity index (χ1n) is 19.0. The molecule has 5 rings (SSSR count). The fraction of sp³-hybridized carbons (Fsp3) is 0.326. The van der Waals surface area contributed by atoms with Gasteiger partial charge in [0.25, 0.3) is 0 Å². The van der Waals surface area contributed by atoms with E-state index in [9.17, 15) is 33.6 Å². The lowest BCUT2D eigenvalue weighted by molar-refractivity contribution is -0.138. The zero-order valence-electron chi connectivity index (χ0n) is 32.7. The van der Waals surface area contributed by atoms with Crippen molar-refractivity contribution in [2.24, 2.45) is 0 Å². The molecule has 322 valence electrons. The summed E-state index contributed by atoms with van der Waals surface area (Å²) in [5.41, 5.74) is 0.498. The van der Waals surface area contributed by atoms with E-state index in [1.165, 1.54) is 72.8 Å². The molecular weight excluding hydrogens is 804 g/mol. The van der Waals surface area contributed by atoms with Gasteiger partial charge in [-0.2, -0.15) is 0 Å². The lowest BCUT2D eigenvalue weighted by Gasteiger charge is -2.17. The van der Waals surface area contributed by atoms with Crippen LogP contribution in [-0.2, 0) is 47.5 Å². The molecule has 2 fully saturated rings. The number of benzene rings is 3. The second kappa shape index (κ2) is 22.9. The fourth-order valence-electron chi connectivity index (χ4n) is 5.62. The van der Waals surface area contributed by atoms with Crippen LogP contribution >= 0.6 is 0 Å². The van der Waals surface area contributed by atoms with Gasteiger partial charge in [0.2, 0.25) is 0 Å². The van der Waals surface area contributed by atoms with Crippen molar-refractivity contribution in [1.82, 2.24) is 0 Å². The van der Waals surface area contributed by atoms with Gasteiger partial charge in [-0.3, -0.25) is 0 Å². The number of unbranched alkanes of at least 4 members (excludes halogenated alkanes) is 2. The van der Waals surface area contributed by atoms with Gasteiger partial charge in [-0.15, -0.1) is 0 Å². The molecule has 0 bridgehead atoms. The molecule has 1 unspecified atom stereocenters. The number of ether oxygens (including phenoxy) is 11. The van der Waals surface area contributed by atoms with Crippen molar-refractivity contribution in [3.8, 4) is 17.2 Å². The van der Waals surface area contributed by atoms with Crippen molar-refractivity contribution in [2.45, 2.75) is 50.1 Å². The molecule has 4 atom stereocenters. The Morgan fingerprint density at radius 3 is 1.16 bits per heavy atom. The number of carbonyl (C=O) groups is 7.